The Kier molecular flexibility index (Phi) is 4.11. The van der Waals surface area contributed by atoms with Gasteiger partial charge in [-0.2, -0.15) is 5.10 Å². The predicted octanol–water partition coefficient (Wildman–Crippen LogP) is 2.40. The van der Waals surface area contributed by atoms with Gasteiger partial charge in [0.2, 0.25) is 5.91 Å². The Morgan fingerprint density at radius 2 is 2.18 bits per heavy atom. The highest BCUT2D eigenvalue weighted by molar-refractivity contribution is 5.98. The summed E-state index contributed by atoms with van der Waals surface area (Å²) in [5.74, 6) is -0.411. The van der Waals surface area contributed by atoms with Crippen LogP contribution in [-0.4, -0.2) is 51.8 Å². The van der Waals surface area contributed by atoms with Crippen molar-refractivity contribution in [2.45, 2.75) is 12.6 Å². The molecule has 1 fully saturated rings. The molecule has 28 heavy (non-hydrogen) atoms. The van der Waals surface area contributed by atoms with Gasteiger partial charge in [-0.25, -0.2) is 0 Å². The second-order valence-electron chi connectivity index (χ2n) is 7.21. The van der Waals surface area contributed by atoms with Gasteiger partial charge in [0.05, 0.1) is 18.3 Å². The van der Waals surface area contributed by atoms with Gasteiger partial charge in [-0.1, -0.05) is 12.1 Å². The molecule has 0 bridgehead atoms. The zero-order valence-corrected chi connectivity index (χ0v) is 15.3. The summed E-state index contributed by atoms with van der Waals surface area (Å²) in [6.45, 7) is 2.48. The van der Waals surface area contributed by atoms with Crippen molar-refractivity contribution in [2.24, 2.45) is 5.73 Å². The highest BCUT2D eigenvalue weighted by Crippen LogP contribution is 2.32. The number of amides is 1. The molecule has 1 aliphatic rings. The van der Waals surface area contributed by atoms with Crippen LogP contribution in [-0.2, 0) is 16.1 Å². The third-order valence-electron chi connectivity index (χ3n) is 5.41. The van der Waals surface area contributed by atoms with Gasteiger partial charge in [0.25, 0.3) is 0 Å². The number of nitrogens with zero attached hydrogens (tertiary/aromatic N) is 2. The predicted molar refractivity (Wildman–Crippen MR) is 108 cm³/mol. The number of hydrogen-bond acceptors (Lipinski definition) is 4. The molecule has 1 unspecified atom stereocenters. The van der Waals surface area contributed by atoms with Crippen LogP contribution in [0.3, 0.4) is 0 Å². The lowest BCUT2D eigenvalue weighted by atomic mass is 9.97. The number of aromatic nitrogens is 3. The highest BCUT2D eigenvalue weighted by atomic mass is 16.5. The zero-order valence-electron chi connectivity index (χ0n) is 15.3. The molecule has 1 amide bonds. The van der Waals surface area contributed by atoms with Crippen molar-refractivity contribution >= 4 is 27.7 Å². The molecule has 7 nitrogen and oxygen atoms in total. The average molecular weight is 375 g/mol. The summed E-state index contributed by atoms with van der Waals surface area (Å²) in [4.78, 5) is 17.0. The van der Waals surface area contributed by atoms with Gasteiger partial charge in [0.1, 0.15) is 6.10 Å². The number of nitrogens with two attached hydrogens (primary N) is 1. The minimum absolute atomic E-state index is 0.411. The number of rotatable bonds is 4. The molecule has 0 saturated carbocycles. The van der Waals surface area contributed by atoms with Crippen molar-refractivity contribution in [1.82, 2.24) is 20.1 Å². The number of carbonyl (C=O) groups is 1. The lowest BCUT2D eigenvalue weighted by Gasteiger charge is -2.31. The van der Waals surface area contributed by atoms with Crippen molar-refractivity contribution in [2.75, 3.05) is 19.7 Å². The van der Waals surface area contributed by atoms with Crippen LogP contribution < -0.4 is 5.73 Å². The first-order valence-corrected chi connectivity index (χ1v) is 9.35. The first-order chi connectivity index (χ1) is 13.7. The Hall–Kier alpha value is -3.16. The number of ether oxygens (including phenoxy) is 1. The normalized spacial score (nSPS) is 18.1. The molecular weight excluding hydrogens is 354 g/mol. The van der Waals surface area contributed by atoms with Crippen molar-refractivity contribution in [3.8, 4) is 11.1 Å². The number of hydrogen-bond donors (Lipinski definition) is 3. The molecule has 2 aromatic heterocycles. The van der Waals surface area contributed by atoms with Gasteiger partial charge in [0, 0.05) is 42.1 Å². The smallest absolute Gasteiger partial charge is 0.247 e. The maximum Gasteiger partial charge on any atom is 0.247 e. The van der Waals surface area contributed by atoms with E-state index in [4.69, 9.17) is 10.5 Å². The Morgan fingerprint density at radius 1 is 1.25 bits per heavy atom. The van der Waals surface area contributed by atoms with E-state index in [1.807, 2.05) is 12.4 Å². The largest absolute Gasteiger partial charge is 0.367 e. The molecule has 1 atom stereocenters. The van der Waals surface area contributed by atoms with Gasteiger partial charge >= 0.3 is 0 Å². The van der Waals surface area contributed by atoms with Crippen molar-refractivity contribution in [1.29, 1.82) is 0 Å². The molecule has 3 heterocycles. The van der Waals surface area contributed by atoms with Crippen LogP contribution in [0.15, 0.2) is 48.8 Å². The van der Waals surface area contributed by atoms with E-state index in [2.05, 4.69) is 56.5 Å². The number of benzene rings is 2. The van der Waals surface area contributed by atoms with E-state index >= 15 is 0 Å². The van der Waals surface area contributed by atoms with Crippen LogP contribution >= 0.6 is 0 Å². The van der Waals surface area contributed by atoms with Crippen LogP contribution in [0.5, 0.6) is 0 Å². The summed E-state index contributed by atoms with van der Waals surface area (Å²) in [6.07, 6.45) is 3.27. The Bertz CT molecular complexity index is 1160. The van der Waals surface area contributed by atoms with E-state index in [-0.39, 0.29) is 0 Å². The van der Waals surface area contributed by atoms with E-state index in [9.17, 15) is 4.79 Å². The highest BCUT2D eigenvalue weighted by Gasteiger charge is 2.25. The second-order valence-corrected chi connectivity index (χ2v) is 7.21. The number of nitrogens with one attached hydrogen (secondary N) is 2. The first kappa shape index (κ1) is 17.0. The molecule has 4 N–H and O–H groups in total. The Morgan fingerprint density at radius 3 is 3.07 bits per heavy atom. The number of H-pyrrole nitrogens is 2. The number of aromatic amines is 2. The third-order valence-corrected chi connectivity index (χ3v) is 5.41. The molecular formula is C21H21N5O2. The maximum atomic E-state index is 11.5. The van der Waals surface area contributed by atoms with Crippen LogP contribution in [0.2, 0.25) is 0 Å². The molecule has 1 aliphatic heterocycles. The molecule has 142 valence electrons. The van der Waals surface area contributed by atoms with Gasteiger partial charge in [0.15, 0.2) is 0 Å². The monoisotopic (exact) mass is 375 g/mol. The van der Waals surface area contributed by atoms with E-state index in [1.54, 1.807) is 0 Å². The molecule has 4 aromatic rings. The molecule has 5 rings (SSSR count). The fraction of sp³-hybridized carbons (Fsp3) is 0.238. The summed E-state index contributed by atoms with van der Waals surface area (Å²) < 4.78 is 5.47. The van der Waals surface area contributed by atoms with Gasteiger partial charge in [-0.15, -0.1) is 0 Å². The zero-order chi connectivity index (χ0) is 19.1. The summed E-state index contributed by atoms with van der Waals surface area (Å²) in [5.41, 5.74) is 11.0. The number of carbonyl (C=O) groups excluding carboxylic acids is 1. The standard InChI is InChI=1S/C21H21N5O2/c22-21(27)20-12-26(6-7-28-20)11-14-8-13(9-19-17(14)10-24-25-19)15-2-1-3-18-16(15)4-5-23-18/h1-5,8-10,20,23H,6-7,11-12H2,(H2,22,27)(H,24,25). The van der Waals surface area contributed by atoms with Crippen LogP contribution in [0.25, 0.3) is 32.9 Å². The minimum atomic E-state index is -0.551. The first-order valence-electron chi connectivity index (χ1n) is 9.35. The number of morpholine rings is 1. The van der Waals surface area contributed by atoms with Gasteiger partial charge in [-0.3, -0.25) is 14.8 Å². The number of primary amides is 1. The Balaban J connectivity index is 1.55. The molecule has 0 radical (unpaired) electrons. The van der Waals surface area contributed by atoms with E-state index in [1.165, 1.54) is 16.5 Å². The fourth-order valence-corrected chi connectivity index (χ4v) is 4.01. The van der Waals surface area contributed by atoms with E-state index in [0.717, 1.165) is 28.5 Å². The molecule has 7 heteroatoms. The second kappa shape index (κ2) is 6.78. The lowest BCUT2D eigenvalue weighted by Crippen LogP contribution is -2.47. The topological polar surface area (TPSA) is 100 Å². The summed E-state index contributed by atoms with van der Waals surface area (Å²) >= 11 is 0. The molecule has 0 aliphatic carbocycles. The van der Waals surface area contributed by atoms with Crippen molar-refractivity contribution < 1.29 is 9.53 Å². The summed E-state index contributed by atoms with van der Waals surface area (Å²) in [6, 6.07) is 12.7. The van der Waals surface area contributed by atoms with Gasteiger partial charge < -0.3 is 15.5 Å². The fourth-order valence-electron chi connectivity index (χ4n) is 4.01. The lowest BCUT2D eigenvalue weighted by molar-refractivity contribution is -0.135. The van der Waals surface area contributed by atoms with Crippen molar-refractivity contribution in [3.05, 3.63) is 54.4 Å². The van der Waals surface area contributed by atoms with E-state index in [0.29, 0.717) is 19.7 Å². The van der Waals surface area contributed by atoms with Crippen molar-refractivity contribution in [3.63, 3.8) is 0 Å². The minimum Gasteiger partial charge on any atom is -0.367 e. The van der Waals surface area contributed by atoms with Gasteiger partial charge in [-0.05, 0) is 41.0 Å². The average Bonchev–Trinajstić information content (AvgIpc) is 3.37. The summed E-state index contributed by atoms with van der Waals surface area (Å²) in [5, 5.41) is 9.62. The maximum absolute atomic E-state index is 11.5. The summed E-state index contributed by atoms with van der Waals surface area (Å²) in [7, 11) is 0. The molecule has 2 aromatic carbocycles. The van der Waals surface area contributed by atoms with Crippen LogP contribution in [0.1, 0.15) is 5.56 Å². The number of fused-ring (bicyclic) bond motifs is 2. The van der Waals surface area contributed by atoms with Crippen LogP contribution in [0.4, 0.5) is 0 Å². The Labute approximate surface area is 161 Å². The van der Waals surface area contributed by atoms with E-state index < -0.39 is 12.0 Å². The van der Waals surface area contributed by atoms with Crippen LogP contribution in [0, 0.1) is 0 Å². The molecule has 1 saturated heterocycles. The molecule has 0 spiro atoms. The third kappa shape index (κ3) is 2.94. The SMILES string of the molecule is NC(=O)C1CN(Cc2cc(-c3cccc4[nH]ccc34)cc3[nH]ncc23)CCO1. The quantitative estimate of drug-likeness (QED) is 0.510.